The number of aromatic nitrogens is 2. The van der Waals surface area contributed by atoms with Crippen LogP contribution in [0.15, 0.2) is 46.6 Å². The SMILES string of the molecule is Cc1cnc2c(c1)S(=O)(=O)CC2S(=O)(=O)c1cccnc1. The molecule has 110 valence electrons. The van der Waals surface area contributed by atoms with Gasteiger partial charge in [-0.3, -0.25) is 9.97 Å². The molecule has 3 rings (SSSR count). The molecule has 0 N–H and O–H groups in total. The molecule has 2 aromatic heterocycles. The lowest BCUT2D eigenvalue weighted by Crippen LogP contribution is -2.16. The number of hydrogen-bond donors (Lipinski definition) is 0. The van der Waals surface area contributed by atoms with E-state index in [-0.39, 0.29) is 15.5 Å². The maximum Gasteiger partial charge on any atom is 0.189 e. The van der Waals surface area contributed by atoms with Crippen molar-refractivity contribution in [3.63, 3.8) is 0 Å². The largest absolute Gasteiger partial charge is 0.263 e. The first-order chi connectivity index (χ1) is 9.82. The third-order valence-corrected chi connectivity index (χ3v) is 7.38. The minimum Gasteiger partial charge on any atom is -0.263 e. The fourth-order valence-corrected chi connectivity index (χ4v) is 6.56. The van der Waals surface area contributed by atoms with Gasteiger partial charge in [0.2, 0.25) is 0 Å². The first-order valence-electron chi connectivity index (χ1n) is 6.15. The molecule has 0 radical (unpaired) electrons. The van der Waals surface area contributed by atoms with Crippen molar-refractivity contribution in [2.24, 2.45) is 0 Å². The highest BCUT2D eigenvalue weighted by atomic mass is 32.2. The van der Waals surface area contributed by atoms with Crippen LogP contribution in [0.5, 0.6) is 0 Å². The molecule has 1 unspecified atom stereocenters. The van der Waals surface area contributed by atoms with E-state index in [9.17, 15) is 16.8 Å². The van der Waals surface area contributed by atoms with Gasteiger partial charge in [0.25, 0.3) is 0 Å². The van der Waals surface area contributed by atoms with Gasteiger partial charge in [-0.05, 0) is 30.7 Å². The molecule has 8 heteroatoms. The van der Waals surface area contributed by atoms with E-state index in [1.165, 1.54) is 36.8 Å². The molecule has 0 spiro atoms. The Hall–Kier alpha value is -1.80. The topological polar surface area (TPSA) is 94.1 Å². The number of sulfone groups is 2. The highest BCUT2D eigenvalue weighted by Crippen LogP contribution is 2.39. The summed E-state index contributed by atoms with van der Waals surface area (Å²) < 4.78 is 49.6. The molecule has 6 nitrogen and oxygen atoms in total. The van der Waals surface area contributed by atoms with Crippen LogP contribution in [0.25, 0.3) is 0 Å². The van der Waals surface area contributed by atoms with Crippen LogP contribution in [0.1, 0.15) is 16.5 Å². The van der Waals surface area contributed by atoms with Crippen molar-refractivity contribution in [2.75, 3.05) is 5.75 Å². The van der Waals surface area contributed by atoms with Gasteiger partial charge in [-0.1, -0.05) is 0 Å². The van der Waals surface area contributed by atoms with Crippen molar-refractivity contribution in [1.82, 2.24) is 9.97 Å². The molecule has 0 saturated carbocycles. The first-order valence-corrected chi connectivity index (χ1v) is 9.35. The van der Waals surface area contributed by atoms with E-state index in [1.807, 2.05) is 0 Å². The zero-order valence-corrected chi connectivity index (χ0v) is 12.7. The van der Waals surface area contributed by atoms with Crippen LogP contribution in [-0.4, -0.2) is 32.6 Å². The lowest BCUT2D eigenvalue weighted by molar-refractivity contribution is 0.581. The van der Waals surface area contributed by atoms with Crippen molar-refractivity contribution in [2.45, 2.75) is 22.0 Å². The van der Waals surface area contributed by atoms with E-state index in [4.69, 9.17) is 0 Å². The van der Waals surface area contributed by atoms with Gasteiger partial charge >= 0.3 is 0 Å². The molecule has 0 bridgehead atoms. The van der Waals surface area contributed by atoms with Gasteiger partial charge in [0.15, 0.2) is 19.7 Å². The number of pyridine rings is 2. The fraction of sp³-hybridized carbons (Fsp3) is 0.231. The summed E-state index contributed by atoms with van der Waals surface area (Å²) in [5, 5.41) is -1.18. The average molecular weight is 324 g/mol. The van der Waals surface area contributed by atoms with Crippen molar-refractivity contribution in [3.05, 3.63) is 48.0 Å². The summed E-state index contributed by atoms with van der Waals surface area (Å²) in [5.74, 6) is -0.476. The van der Waals surface area contributed by atoms with Crippen LogP contribution in [-0.2, 0) is 19.7 Å². The summed E-state index contributed by atoms with van der Waals surface area (Å²) in [7, 11) is -7.47. The molecule has 1 aliphatic heterocycles. The Kier molecular flexibility index (Phi) is 3.10. The van der Waals surface area contributed by atoms with Crippen molar-refractivity contribution >= 4 is 19.7 Å². The van der Waals surface area contributed by atoms with Crippen molar-refractivity contribution in [1.29, 1.82) is 0 Å². The van der Waals surface area contributed by atoms with E-state index in [0.717, 1.165) is 0 Å². The van der Waals surface area contributed by atoms with Gasteiger partial charge in [0.1, 0.15) is 5.25 Å². The first kappa shape index (κ1) is 14.2. The second-order valence-corrected chi connectivity index (χ2v) is 9.03. The number of nitrogens with zero attached hydrogens (tertiary/aromatic N) is 2. The molecule has 2 aromatic rings. The molecular weight excluding hydrogens is 312 g/mol. The Labute approximate surface area is 122 Å². The van der Waals surface area contributed by atoms with E-state index in [1.54, 1.807) is 6.92 Å². The van der Waals surface area contributed by atoms with Gasteiger partial charge in [0, 0.05) is 18.6 Å². The van der Waals surface area contributed by atoms with Crippen LogP contribution in [0.4, 0.5) is 0 Å². The predicted molar refractivity (Wildman–Crippen MR) is 75.2 cm³/mol. The molecule has 3 heterocycles. The zero-order valence-electron chi connectivity index (χ0n) is 11.1. The molecule has 0 aromatic carbocycles. The maximum atomic E-state index is 12.6. The molecular formula is C13H12N2O4S2. The van der Waals surface area contributed by atoms with Crippen LogP contribution in [0.2, 0.25) is 0 Å². The predicted octanol–water partition coefficient (Wildman–Crippen LogP) is 1.09. The van der Waals surface area contributed by atoms with Crippen molar-refractivity contribution in [3.8, 4) is 0 Å². The summed E-state index contributed by atoms with van der Waals surface area (Å²) in [6, 6.07) is 4.37. The quantitative estimate of drug-likeness (QED) is 0.820. The summed E-state index contributed by atoms with van der Waals surface area (Å²) in [4.78, 5) is 7.84. The third-order valence-electron chi connectivity index (χ3n) is 3.37. The van der Waals surface area contributed by atoms with E-state index >= 15 is 0 Å². The molecule has 0 amide bonds. The summed E-state index contributed by atoms with van der Waals surface area (Å²) >= 11 is 0. The van der Waals surface area contributed by atoms with E-state index in [0.29, 0.717) is 5.56 Å². The highest BCUT2D eigenvalue weighted by Gasteiger charge is 2.44. The summed E-state index contributed by atoms with van der Waals surface area (Å²) in [6.45, 7) is 1.71. The van der Waals surface area contributed by atoms with Gasteiger partial charge in [-0.25, -0.2) is 16.8 Å². The highest BCUT2D eigenvalue weighted by molar-refractivity contribution is 7.96. The summed E-state index contributed by atoms with van der Waals surface area (Å²) in [6.07, 6.45) is 4.15. The number of fused-ring (bicyclic) bond motifs is 1. The smallest absolute Gasteiger partial charge is 0.189 e. The Morgan fingerprint density at radius 2 is 2.05 bits per heavy atom. The Bertz CT molecular complexity index is 906. The monoisotopic (exact) mass is 324 g/mol. The molecule has 0 fully saturated rings. The van der Waals surface area contributed by atoms with Crippen LogP contribution < -0.4 is 0 Å². The Morgan fingerprint density at radius 3 is 2.71 bits per heavy atom. The molecule has 0 aliphatic carbocycles. The van der Waals surface area contributed by atoms with E-state index in [2.05, 4.69) is 9.97 Å². The van der Waals surface area contributed by atoms with Crippen LogP contribution >= 0.6 is 0 Å². The molecule has 21 heavy (non-hydrogen) atoms. The minimum absolute atomic E-state index is 0.000394. The number of rotatable bonds is 2. The zero-order chi connectivity index (χ0) is 15.3. The molecule has 1 atom stereocenters. The second kappa shape index (κ2) is 4.60. The maximum absolute atomic E-state index is 12.6. The normalized spacial score (nSPS) is 20.1. The van der Waals surface area contributed by atoms with Crippen LogP contribution in [0, 0.1) is 6.92 Å². The van der Waals surface area contributed by atoms with E-state index < -0.39 is 30.7 Å². The second-order valence-electron chi connectivity index (χ2n) is 4.90. The fourth-order valence-electron chi connectivity index (χ4n) is 2.33. The number of hydrogen-bond acceptors (Lipinski definition) is 6. The Morgan fingerprint density at radius 1 is 1.29 bits per heavy atom. The van der Waals surface area contributed by atoms with Gasteiger partial charge in [-0.2, -0.15) is 0 Å². The molecule has 0 saturated heterocycles. The van der Waals surface area contributed by atoms with Crippen LogP contribution in [0.3, 0.4) is 0 Å². The van der Waals surface area contributed by atoms with Gasteiger partial charge < -0.3 is 0 Å². The third kappa shape index (κ3) is 2.24. The average Bonchev–Trinajstić information content (AvgIpc) is 2.72. The minimum atomic E-state index is -3.84. The molecule has 1 aliphatic rings. The van der Waals surface area contributed by atoms with Gasteiger partial charge in [0.05, 0.1) is 21.2 Å². The Balaban J connectivity index is 2.20. The lowest BCUT2D eigenvalue weighted by Gasteiger charge is -2.10. The standard InChI is InChI=1S/C13H12N2O4S2/c1-9-5-11-13(15-6-9)12(8-20(11,16)17)21(18,19)10-3-2-4-14-7-10/h2-7,12H,8H2,1H3. The van der Waals surface area contributed by atoms with Crippen molar-refractivity contribution < 1.29 is 16.8 Å². The number of aryl methyl sites for hydroxylation is 1. The summed E-state index contributed by atoms with van der Waals surface area (Å²) in [5.41, 5.74) is 0.779. The van der Waals surface area contributed by atoms with Gasteiger partial charge in [-0.15, -0.1) is 0 Å². The lowest BCUT2D eigenvalue weighted by atomic mass is 10.2.